The largest absolute Gasteiger partial charge is 0.486 e. The quantitative estimate of drug-likeness (QED) is 0.924. The van der Waals surface area contributed by atoms with Crippen molar-refractivity contribution in [3.63, 3.8) is 0 Å². The van der Waals surface area contributed by atoms with Crippen LogP contribution >= 0.6 is 11.6 Å². The molecule has 0 aliphatic carbocycles. The van der Waals surface area contributed by atoms with Gasteiger partial charge in [0.15, 0.2) is 11.5 Å². The molecule has 2 aromatic carbocycles. The van der Waals surface area contributed by atoms with Crippen LogP contribution < -0.4 is 15.2 Å². The minimum atomic E-state index is -0.653. The van der Waals surface area contributed by atoms with Crippen molar-refractivity contribution >= 4 is 11.6 Å². The first kappa shape index (κ1) is 13.2. The van der Waals surface area contributed by atoms with Crippen LogP contribution in [0.5, 0.6) is 11.5 Å². The van der Waals surface area contributed by atoms with Gasteiger partial charge in [-0.05, 0) is 17.7 Å². The molecule has 5 heteroatoms. The maximum absolute atomic E-state index is 13.8. The van der Waals surface area contributed by atoms with E-state index < -0.39 is 6.04 Å². The molecule has 0 amide bonds. The lowest BCUT2D eigenvalue weighted by molar-refractivity contribution is 0.171. The third kappa shape index (κ3) is 2.32. The highest BCUT2D eigenvalue weighted by molar-refractivity contribution is 6.31. The van der Waals surface area contributed by atoms with E-state index in [1.165, 1.54) is 6.07 Å². The smallest absolute Gasteiger partial charge is 0.162 e. The second-order valence-corrected chi connectivity index (χ2v) is 4.92. The van der Waals surface area contributed by atoms with Crippen molar-refractivity contribution in [2.45, 2.75) is 6.04 Å². The highest BCUT2D eigenvalue weighted by atomic mass is 35.5. The van der Waals surface area contributed by atoms with Crippen molar-refractivity contribution < 1.29 is 13.9 Å². The topological polar surface area (TPSA) is 44.5 Å². The predicted octanol–water partition coefficient (Wildman–Crippen LogP) is 3.30. The molecule has 1 heterocycles. The van der Waals surface area contributed by atoms with Gasteiger partial charge in [-0.1, -0.05) is 29.8 Å². The standard InChI is InChI=1S/C15H13ClFNO2/c16-11-8-14-13(19-5-6-20-14)7-10(11)15(18)9-3-1-2-4-12(9)17/h1-4,7-8,15H,5-6,18H2. The van der Waals surface area contributed by atoms with E-state index in [2.05, 4.69) is 0 Å². The molecule has 2 aromatic rings. The fourth-order valence-electron chi connectivity index (χ4n) is 2.21. The fraction of sp³-hybridized carbons (Fsp3) is 0.200. The van der Waals surface area contributed by atoms with Gasteiger partial charge in [0.05, 0.1) is 6.04 Å². The highest BCUT2D eigenvalue weighted by Gasteiger charge is 2.21. The van der Waals surface area contributed by atoms with Crippen LogP contribution in [-0.4, -0.2) is 13.2 Å². The zero-order valence-corrected chi connectivity index (χ0v) is 11.4. The van der Waals surface area contributed by atoms with Crippen LogP contribution in [0.1, 0.15) is 17.2 Å². The molecule has 1 unspecified atom stereocenters. The molecule has 0 spiro atoms. The molecular weight excluding hydrogens is 281 g/mol. The molecule has 3 nitrogen and oxygen atoms in total. The van der Waals surface area contributed by atoms with E-state index in [1.807, 2.05) is 0 Å². The van der Waals surface area contributed by atoms with Gasteiger partial charge in [0, 0.05) is 16.7 Å². The van der Waals surface area contributed by atoms with Crippen LogP contribution in [0, 0.1) is 5.82 Å². The summed E-state index contributed by atoms with van der Waals surface area (Å²) in [6.45, 7) is 0.963. The molecule has 1 aliphatic heterocycles. The second kappa shape index (κ2) is 5.31. The first-order valence-corrected chi connectivity index (χ1v) is 6.63. The minimum absolute atomic E-state index is 0.356. The third-order valence-corrected chi connectivity index (χ3v) is 3.56. The van der Waals surface area contributed by atoms with Crippen molar-refractivity contribution in [1.29, 1.82) is 0 Å². The molecule has 0 fully saturated rings. The zero-order valence-electron chi connectivity index (χ0n) is 10.6. The number of nitrogens with two attached hydrogens (primary N) is 1. The van der Waals surface area contributed by atoms with Crippen molar-refractivity contribution in [2.24, 2.45) is 5.73 Å². The van der Waals surface area contributed by atoms with Crippen LogP contribution in [0.15, 0.2) is 36.4 Å². The lowest BCUT2D eigenvalue weighted by Crippen LogP contribution is -2.18. The van der Waals surface area contributed by atoms with Crippen molar-refractivity contribution in [1.82, 2.24) is 0 Å². The van der Waals surface area contributed by atoms with Crippen LogP contribution in [0.2, 0.25) is 5.02 Å². The molecule has 0 saturated carbocycles. The SMILES string of the molecule is NC(c1ccccc1F)c1cc2c(cc1Cl)OCCO2. The van der Waals surface area contributed by atoms with E-state index in [0.717, 1.165) is 0 Å². The Kier molecular flexibility index (Phi) is 3.51. The molecule has 0 aromatic heterocycles. The Labute approximate surface area is 121 Å². The van der Waals surface area contributed by atoms with Crippen LogP contribution in [0.4, 0.5) is 4.39 Å². The normalized spacial score (nSPS) is 14.9. The first-order chi connectivity index (χ1) is 9.66. The summed E-state index contributed by atoms with van der Waals surface area (Å²) < 4.78 is 24.8. The number of hydrogen-bond donors (Lipinski definition) is 1. The average molecular weight is 294 g/mol. The Morgan fingerprint density at radius 1 is 1.05 bits per heavy atom. The molecule has 0 radical (unpaired) electrons. The van der Waals surface area contributed by atoms with E-state index in [9.17, 15) is 4.39 Å². The van der Waals surface area contributed by atoms with Crippen molar-refractivity contribution in [3.8, 4) is 11.5 Å². The van der Waals surface area contributed by atoms with E-state index in [4.69, 9.17) is 26.8 Å². The van der Waals surface area contributed by atoms with E-state index in [-0.39, 0.29) is 5.82 Å². The molecule has 0 saturated heterocycles. The Bertz CT molecular complexity index is 648. The van der Waals surface area contributed by atoms with Gasteiger partial charge in [-0.15, -0.1) is 0 Å². The third-order valence-electron chi connectivity index (χ3n) is 3.24. The number of fused-ring (bicyclic) bond motifs is 1. The molecule has 2 N–H and O–H groups in total. The van der Waals surface area contributed by atoms with Gasteiger partial charge in [-0.25, -0.2) is 4.39 Å². The van der Waals surface area contributed by atoms with E-state index >= 15 is 0 Å². The number of ether oxygens (including phenoxy) is 2. The predicted molar refractivity (Wildman–Crippen MR) is 74.9 cm³/mol. The highest BCUT2D eigenvalue weighted by Crippen LogP contribution is 2.38. The number of hydrogen-bond acceptors (Lipinski definition) is 3. The van der Waals surface area contributed by atoms with Crippen LogP contribution in [-0.2, 0) is 0 Å². The maximum Gasteiger partial charge on any atom is 0.162 e. The van der Waals surface area contributed by atoms with Gasteiger partial charge in [0.25, 0.3) is 0 Å². The van der Waals surface area contributed by atoms with E-state index in [0.29, 0.717) is 40.9 Å². The molecule has 104 valence electrons. The van der Waals surface area contributed by atoms with E-state index in [1.54, 1.807) is 30.3 Å². The number of rotatable bonds is 2. The average Bonchev–Trinajstić information content (AvgIpc) is 2.46. The molecule has 3 rings (SSSR count). The Morgan fingerprint density at radius 3 is 2.40 bits per heavy atom. The number of halogens is 2. The van der Waals surface area contributed by atoms with Crippen LogP contribution in [0.25, 0.3) is 0 Å². The lowest BCUT2D eigenvalue weighted by Gasteiger charge is -2.22. The summed E-state index contributed by atoms with van der Waals surface area (Å²) >= 11 is 6.22. The summed E-state index contributed by atoms with van der Waals surface area (Å²) in [6.07, 6.45) is 0. The van der Waals surface area contributed by atoms with Gasteiger partial charge < -0.3 is 15.2 Å². The number of benzene rings is 2. The molecule has 20 heavy (non-hydrogen) atoms. The summed E-state index contributed by atoms with van der Waals surface area (Å²) in [6, 6.07) is 9.11. The fourth-order valence-corrected chi connectivity index (χ4v) is 2.48. The van der Waals surface area contributed by atoms with Gasteiger partial charge in [-0.2, -0.15) is 0 Å². The summed E-state index contributed by atoms with van der Waals surface area (Å²) in [5, 5.41) is 0.435. The van der Waals surface area contributed by atoms with Gasteiger partial charge in [0.2, 0.25) is 0 Å². The molecule has 1 aliphatic rings. The minimum Gasteiger partial charge on any atom is -0.486 e. The Hall–Kier alpha value is -1.78. The summed E-state index contributed by atoms with van der Waals surface area (Å²) in [4.78, 5) is 0. The molecule has 1 atom stereocenters. The van der Waals surface area contributed by atoms with Crippen molar-refractivity contribution in [3.05, 3.63) is 58.4 Å². The Morgan fingerprint density at radius 2 is 1.70 bits per heavy atom. The summed E-state index contributed by atoms with van der Waals surface area (Å²) in [5.74, 6) is 0.819. The lowest BCUT2D eigenvalue weighted by atomic mass is 9.98. The zero-order chi connectivity index (χ0) is 14.1. The summed E-state index contributed by atoms with van der Waals surface area (Å²) in [7, 11) is 0. The van der Waals surface area contributed by atoms with Crippen LogP contribution in [0.3, 0.4) is 0 Å². The molecule has 0 bridgehead atoms. The van der Waals surface area contributed by atoms with Gasteiger partial charge in [0.1, 0.15) is 19.0 Å². The maximum atomic E-state index is 13.8. The second-order valence-electron chi connectivity index (χ2n) is 4.52. The van der Waals surface area contributed by atoms with Gasteiger partial charge >= 0.3 is 0 Å². The van der Waals surface area contributed by atoms with Crippen molar-refractivity contribution in [2.75, 3.05) is 13.2 Å². The van der Waals surface area contributed by atoms with Gasteiger partial charge in [-0.3, -0.25) is 0 Å². The molecular formula is C15H13ClFNO2. The Balaban J connectivity index is 2.03. The monoisotopic (exact) mass is 293 g/mol. The summed E-state index contributed by atoms with van der Waals surface area (Å²) in [5.41, 5.74) is 7.14. The first-order valence-electron chi connectivity index (χ1n) is 6.26.